The van der Waals surface area contributed by atoms with Crippen LogP contribution in [0.4, 0.5) is 5.69 Å². The van der Waals surface area contributed by atoms with Gasteiger partial charge >= 0.3 is 0 Å². The summed E-state index contributed by atoms with van der Waals surface area (Å²) in [6.07, 6.45) is 3.36. The lowest BCUT2D eigenvalue weighted by molar-refractivity contribution is -0.126. The average Bonchev–Trinajstić information content (AvgIpc) is 3.12. The molecule has 0 radical (unpaired) electrons. The second-order valence-electron chi connectivity index (χ2n) is 8.54. The second-order valence-corrected chi connectivity index (χ2v) is 10.5. The van der Waals surface area contributed by atoms with Crippen LogP contribution in [0.5, 0.6) is 0 Å². The molecule has 0 spiro atoms. The van der Waals surface area contributed by atoms with Crippen molar-refractivity contribution in [1.29, 1.82) is 0 Å². The number of carbonyl (C=O) groups is 1. The number of rotatable bonds is 7. The van der Waals surface area contributed by atoms with Gasteiger partial charge in [-0.1, -0.05) is 36.4 Å². The van der Waals surface area contributed by atoms with Gasteiger partial charge in [0.05, 0.1) is 10.8 Å². The number of fused-ring (bicyclic) bond motifs is 1. The Hall–Kier alpha value is -2.38. The Bertz CT molecular complexity index is 1010. The number of benzene rings is 2. The maximum Gasteiger partial charge on any atom is 0.243 e. The summed E-state index contributed by atoms with van der Waals surface area (Å²) >= 11 is 0. The molecule has 2 aliphatic rings. The first-order chi connectivity index (χ1) is 15.0. The largest absolute Gasteiger partial charge is 0.368 e. The molecule has 0 saturated carbocycles. The van der Waals surface area contributed by atoms with E-state index >= 15 is 0 Å². The van der Waals surface area contributed by atoms with Crippen molar-refractivity contribution in [3.05, 3.63) is 60.2 Å². The maximum absolute atomic E-state index is 12.9. The smallest absolute Gasteiger partial charge is 0.243 e. The van der Waals surface area contributed by atoms with Gasteiger partial charge in [-0.2, -0.15) is 4.31 Å². The molecule has 1 saturated heterocycles. The van der Waals surface area contributed by atoms with Gasteiger partial charge in [0.2, 0.25) is 15.9 Å². The summed E-state index contributed by atoms with van der Waals surface area (Å²) in [4.78, 5) is 15.4. The van der Waals surface area contributed by atoms with Crippen molar-refractivity contribution in [1.82, 2.24) is 9.62 Å². The monoisotopic (exact) mass is 441 g/mol. The third-order valence-corrected chi connectivity index (χ3v) is 8.24. The van der Waals surface area contributed by atoms with Crippen molar-refractivity contribution >= 4 is 21.6 Å². The van der Waals surface area contributed by atoms with Crippen molar-refractivity contribution in [2.24, 2.45) is 5.92 Å². The molecule has 1 fully saturated rings. The molecular formula is C24H31N3O3S. The molecule has 2 heterocycles. The third-order valence-electron chi connectivity index (χ3n) is 6.36. The number of nitrogens with one attached hydrogen (secondary N) is 1. The highest BCUT2D eigenvalue weighted by Crippen LogP contribution is 2.31. The molecule has 0 aromatic heterocycles. The lowest BCUT2D eigenvalue weighted by atomic mass is 9.99. The zero-order chi connectivity index (χ0) is 21.8. The number of para-hydroxylation sites is 1. The maximum atomic E-state index is 12.9. The van der Waals surface area contributed by atoms with Gasteiger partial charge in [0.15, 0.2) is 0 Å². The molecule has 2 aliphatic heterocycles. The molecular weight excluding hydrogens is 410 g/mol. The number of hydrogen-bond donors (Lipinski definition) is 1. The second kappa shape index (κ2) is 9.40. The molecule has 2 atom stereocenters. The summed E-state index contributed by atoms with van der Waals surface area (Å²) in [5.74, 6) is -0.332. The molecule has 4 rings (SSSR count). The number of hydrogen-bond acceptors (Lipinski definition) is 4. The molecule has 1 amide bonds. The van der Waals surface area contributed by atoms with Crippen molar-refractivity contribution in [2.45, 2.75) is 43.5 Å². The van der Waals surface area contributed by atoms with Crippen LogP contribution in [0.15, 0.2) is 59.5 Å². The van der Waals surface area contributed by atoms with Gasteiger partial charge in [-0.05, 0) is 56.4 Å². The quantitative estimate of drug-likeness (QED) is 0.671. The standard InChI is InChI=1S/C24H31N3O3S/c1-19-17-20-9-5-6-13-23(20)27(19)16-8-14-25-24(28)21-10-7-15-26(18-21)31(29,30)22-11-3-2-4-12-22/h2-6,9,11-13,19,21H,7-8,10,14-18H2,1H3,(H,25,28)/t19-,21+/m1/s1. The van der Waals surface area contributed by atoms with Crippen LogP contribution in [0.1, 0.15) is 31.7 Å². The summed E-state index contributed by atoms with van der Waals surface area (Å²) in [7, 11) is -3.55. The lowest BCUT2D eigenvalue weighted by Crippen LogP contribution is -2.45. The Morgan fingerprint density at radius 3 is 2.65 bits per heavy atom. The van der Waals surface area contributed by atoms with E-state index in [1.54, 1.807) is 30.3 Å². The number of carbonyl (C=O) groups excluding carboxylic acids is 1. The van der Waals surface area contributed by atoms with E-state index in [-0.39, 0.29) is 23.3 Å². The zero-order valence-corrected chi connectivity index (χ0v) is 18.9. The van der Waals surface area contributed by atoms with Crippen LogP contribution < -0.4 is 10.2 Å². The minimum Gasteiger partial charge on any atom is -0.368 e. The van der Waals surface area contributed by atoms with E-state index in [9.17, 15) is 13.2 Å². The van der Waals surface area contributed by atoms with Crippen molar-refractivity contribution in [3.63, 3.8) is 0 Å². The lowest BCUT2D eigenvalue weighted by Gasteiger charge is -2.31. The number of amides is 1. The van der Waals surface area contributed by atoms with E-state index in [0.717, 1.165) is 25.8 Å². The molecule has 166 valence electrons. The number of sulfonamides is 1. The first-order valence-corrected chi connectivity index (χ1v) is 12.6. The van der Waals surface area contributed by atoms with Gasteiger partial charge in [0.25, 0.3) is 0 Å². The Morgan fingerprint density at radius 1 is 1.10 bits per heavy atom. The van der Waals surface area contributed by atoms with Gasteiger partial charge in [-0.25, -0.2) is 8.42 Å². The highest BCUT2D eigenvalue weighted by Gasteiger charge is 2.33. The third kappa shape index (κ3) is 4.77. The van der Waals surface area contributed by atoms with Crippen LogP contribution in [-0.4, -0.2) is 50.9 Å². The van der Waals surface area contributed by atoms with E-state index in [1.165, 1.54) is 15.6 Å². The summed E-state index contributed by atoms with van der Waals surface area (Å²) in [5, 5.41) is 3.04. The molecule has 2 aromatic carbocycles. The first-order valence-electron chi connectivity index (χ1n) is 11.1. The van der Waals surface area contributed by atoms with Gasteiger partial charge in [-0.3, -0.25) is 4.79 Å². The number of piperidine rings is 1. The molecule has 1 N–H and O–H groups in total. The molecule has 31 heavy (non-hydrogen) atoms. The van der Waals surface area contributed by atoms with E-state index in [1.807, 2.05) is 0 Å². The van der Waals surface area contributed by atoms with Crippen LogP contribution >= 0.6 is 0 Å². The molecule has 2 aromatic rings. The van der Waals surface area contributed by atoms with Crippen LogP contribution in [0, 0.1) is 5.92 Å². The Kier molecular flexibility index (Phi) is 6.62. The summed E-state index contributed by atoms with van der Waals surface area (Å²) in [6.45, 7) is 4.46. The Labute approximate surface area is 185 Å². The Morgan fingerprint density at radius 2 is 1.84 bits per heavy atom. The van der Waals surface area contributed by atoms with Crippen LogP contribution in [-0.2, 0) is 21.2 Å². The number of anilines is 1. The van der Waals surface area contributed by atoms with Gasteiger partial charge in [-0.15, -0.1) is 0 Å². The van der Waals surface area contributed by atoms with Crippen molar-refractivity contribution < 1.29 is 13.2 Å². The minimum absolute atomic E-state index is 0.0390. The Balaban J connectivity index is 1.27. The normalized spacial score (nSPS) is 21.6. The van der Waals surface area contributed by atoms with E-state index in [2.05, 4.69) is 41.4 Å². The van der Waals surface area contributed by atoms with Crippen LogP contribution in [0.2, 0.25) is 0 Å². The SMILES string of the molecule is C[C@@H]1Cc2ccccc2N1CCCNC(=O)[C@H]1CCCN(S(=O)(=O)c2ccccc2)C1. The highest BCUT2D eigenvalue weighted by atomic mass is 32.2. The number of nitrogens with zero attached hydrogens (tertiary/aromatic N) is 2. The summed E-state index contributed by atoms with van der Waals surface area (Å²) in [6, 6.07) is 17.4. The fourth-order valence-corrected chi connectivity index (χ4v) is 6.24. The van der Waals surface area contributed by atoms with Crippen molar-refractivity contribution in [3.8, 4) is 0 Å². The fraction of sp³-hybridized carbons (Fsp3) is 0.458. The fourth-order valence-electron chi connectivity index (χ4n) is 4.69. The minimum atomic E-state index is -3.55. The van der Waals surface area contributed by atoms with Gasteiger partial charge in [0.1, 0.15) is 0 Å². The highest BCUT2D eigenvalue weighted by molar-refractivity contribution is 7.89. The summed E-state index contributed by atoms with van der Waals surface area (Å²) in [5.41, 5.74) is 2.69. The van der Waals surface area contributed by atoms with E-state index in [4.69, 9.17) is 0 Å². The molecule has 7 heteroatoms. The molecule has 6 nitrogen and oxygen atoms in total. The zero-order valence-electron chi connectivity index (χ0n) is 18.0. The summed E-state index contributed by atoms with van der Waals surface area (Å²) < 4.78 is 27.2. The molecule has 0 aliphatic carbocycles. The first kappa shape index (κ1) is 21.8. The van der Waals surface area contributed by atoms with Crippen LogP contribution in [0.25, 0.3) is 0 Å². The molecule has 0 bridgehead atoms. The van der Waals surface area contributed by atoms with Gasteiger partial charge in [0, 0.05) is 37.9 Å². The average molecular weight is 442 g/mol. The van der Waals surface area contributed by atoms with E-state index < -0.39 is 10.0 Å². The predicted molar refractivity (Wildman–Crippen MR) is 123 cm³/mol. The van der Waals surface area contributed by atoms with E-state index in [0.29, 0.717) is 25.6 Å². The predicted octanol–water partition coefficient (Wildman–Crippen LogP) is 3.04. The van der Waals surface area contributed by atoms with Gasteiger partial charge < -0.3 is 10.2 Å². The van der Waals surface area contributed by atoms with Crippen molar-refractivity contribution in [2.75, 3.05) is 31.1 Å². The van der Waals surface area contributed by atoms with Crippen LogP contribution in [0.3, 0.4) is 0 Å². The molecule has 0 unspecified atom stereocenters. The topological polar surface area (TPSA) is 69.7 Å².